The molecule has 1 N–H and O–H groups in total. The van der Waals surface area contributed by atoms with E-state index in [0.29, 0.717) is 0 Å². The summed E-state index contributed by atoms with van der Waals surface area (Å²) < 4.78 is 0. The summed E-state index contributed by atoms with van der Waals surface area (Å²) in [5.74, 6) is 0. The lowest BCUT2D eigenvalue weighted by atomic mass is 10.5. The van der Waals surface area contributed by atoms with Gasteiger partial charge in [0.2, 0.25) is 0 Å². The van der Waals surface area contributed by atoms with Crippen molar-refractivity contribution in [1.82, 2.24) is 5.01 Å². The van der Waals surface area contributed by atoms with Crippen LogP contribution in [0.25, 0.3) is 0 Å². The van der Waals surface area contributed by atoms with Crippen LogP contribution in [-0.2, 0) is 0 Å². The number of rotatable bonds is 3. The van der Waals surface area contributed by atoms with Gasteiger partial charge in [0.1, 0.15) is 13.1 Å². The van der Waals surface area contributed by atoms with E-state index in [-0.39, 0.29) is 0 Å². The zero-order chi connectivity index (χ0) is 5.98. The quantitative estimate of drug-likeness (QED) is 0.470. The van der Waals surface area contributed by atoms with Crippen molar-refractivity contribution >= 4 is 0 Å². The van der Waals surface area contributed by atoms with Crippen LogP contribution in [0.2, 0.25) is 0 Å². The van der Waals surface area contributed by atoms with Crippen LogP contribution in [0.4, 0.5) is 0 Å². The first-order chi connectivity index (χ1) is 3.84. The molecular weight excluding hydrogens is 100 g/mol. The van der Waals surface area contributed by atoms with E-state index >= 15 is 0 Å². The first-order valence-corrected chi connectivity index (χ1v) is 3.40. The molecule has 0 aromatic heterocycles. The fourth-order valence-electron chi connectivity index (χ4n) is 0.931. The van der Waals surface area contributed by atoms with Crippen molar-refractivity contribution in [1.29, 1.82) is 0 Å². The molecule has 1 aliphatic rings. The van der Waals surface area contributed by atoms with Gasteiger partial charge < -0.3 is 0 Å². The number of nitrogens with zero attached hydrogens (tertiary/aromatic N) is 1. The summed E-state index contributed by atoms with van der Waals surface area (Å²) in [7, 11) is 2.19. The standard InChI is InChI=1S/C6H14N2/c1-3-4-7(2)8-5-6-8/h3-6H2,1-2H3/p+1. The van der Waals surface area contributed by atoms with Gasteiger partial charge in [-0.05, 0) is 6.42 Å². The second kappa shape index (κ2) is 2.46. The number of hydrogen-bond acceptors (Lipinski definition) is 1. The molecule has 1 saturated heterocycles. The lowest BCUT2D eigenvalue weighted by molar-refractivity contribution is -0.893. The van der Waals surface area contributed by atoms with Gasteiger partial charge in [-0.15, -0.1) is 0 Å². The maximum absolute atomic E-state index is 2.38. The molecule has 48 valence electrons. The van der Waals surface area contributed by atoms with E-state index in [0.717, 1.165) is 0 Å². The van der Waals surface area contributed by atoms with E-state index in [1.54, 1.807) is 5.01 Å². The van der Waals surface area contributed by atoms with E-state index < -0.39 is 0 Å². The maximum atomic E-state index is 2.38. The molecule has 1 heterocycles. The second-order valence-electron chi connectivity index (χ2n) is 2.49. The number of quaternary nitrogens is 1. The van der Waals surface area contributed by atoms with E-state index in [4.69, 9.17) is 0 Å². The molecule has 2 heteroatoms. The van der Waals surface area contributed by atoms with Crippen LogP contribution in [0, 0.1) is 0 Å². The summed E-state index contributed by atoms with van der Waals surface area (Å²) in [6.45, 7) is 6.18. The summed E-state index contributed by atoms with van der Waals surface area (Å²) in [6.07, 6.45) is 1.28. The van der Waals surface area contributed by atoms with Crippen LogP contribution in [-0.4, -0.2) is 31.7 Å². The molecule has 1 fully saturated rings. The van der Waals surface area contributed by atoms with Crippen molar-refractivity contribution in [2.24, 2.45) is 0 Å². The fraction of sp³-hybridized carbons (Fsp3) is 1.00. The molecule has 0 radical (unpaired) electrons. The highest BCUT2D eigenvalue weighted by molar-refractivity contribution is 4.39. The molecule has 0 aromatic carbocycles. The van der Waals surface area contributed by atoms with Crippen LogP contribution in [0.5, 0.6) is 0 Å². The van der Waals surface area contributed by atoms with Crippen molar-refractivity contribution in [3.63, 3.8) is 0 Å². The highest BCUT2D eigenvalue weighted by Gasteiger charge is 2.27. The van der Waals surface area contributed by atoms with Gasteiger partial charge >= 0.3 is 0 Å². The molecule has 0 aromatic rings. The van der Waals surface area contributed by atoms with E-state index in [1.165, 1.54) is 26.1 Å². The molecular formula is C6H15N2+. The Bertz CT molecular complexity index is 68.9. The number of hydrogen-bond donors (Lipinski definition) is 1. The molecule has 8 heavy (non-hydrogen) atoms. The third-order valence-electron chi connectivity index (χ3n) is 1.57. The lowest BCUT2D eigenvalue weighted by Gasteiger charge is -2.10. The van der Waals surface area contributed by atoms with Crippen LogP contribution < -0.4 is 5.01 Å². The minimum absolute atomic E-state index is 1.25. The van der Waals surface area contributed by atoms with Crippen molar-refractivity contribution in [3.05, 3.63) is 0 Å². The summed E-state index contributed by atoms with van der Waals surface area (Å²) in [5, 5.41) is 4.02. The first kappa shape index (κ1) is 6.05. The van der Waals surface area contributed by atoms with Crippen LogP contribution in [0.15, 0.2) is 0 Å². The zero-order valence-electron chi connectivity index (χ0n) is 5.78. The first-order valence-electron chi connectivity index (χ1n) is 3.40. The van der Waals surface area contributed by atoms with Gasteiger partial charge in [-0.25, -0.2) is 5.01 Å². The maximum Gasteiger partial charge on any atom is 0.146 e. The Balaban J connectivity index is 2.03. The van der Waals surface area contributed by atoms with Gasteiger partial charge in [0.15, 0.2) is 0 Å². The minimum atomic E-state index is 1.25. The summed E-state index contributed by atoms with van der Waals surface area (Å²) >= 11 is 0. The summed E-state index contributed by atoms with van der Waals surface area (Å²) in [4.78, 5) is 0. The highest BCUT2D eigenvalue weighted by atomic mass is 15.7. The van der Waals surface area contributed by atoms with Crippen molar-refractivity contribution in [2.45, 2.75) is 13.3 Å². The second-order valence-corrected chi connectivity index (χ2v) is 2.49. The topological polar surface area (TPSA) is 7.68 Å². The molecule has 1 rings (SSSR count). The predicted molar refractivity (Wildman–Crippen MR) is 33.6 cm³/mol. The Hall–Kier alpha value is -0.0800. The van der Waals surface area contributed by atoms with Crippen LogP contribution in [0.1, 0.15) is 13.3 Å². The van der Waals surface area contributed by atoms with Crippen LogP contribution >= 0.6 is 0 Å². The highest BCUT2D eigenvalue weighted by Crippen LogP contribution is 1.78. The predicted octanol–water partition coefficient (Wildman–Crippen LogP) is -0.858. The normalized spacial score (nSPS) is 19.9. The average molecular weight is 115 g/mol. The molecule has 0 aliphatic carbocycles. The Morgan fingerprint density at radius 1 is 1.50 bits per heavy atom. The molecule has 0 bridgehead atoms. The molecule has 0 amide bonds. The van der Waals surface area contributed by atoms with Gasteiger partial charge in [-0.1, -0.05) is 6.92 Å². The Kier molecular flexibility index (Phi) is 1.86. The lowest BCUT2D eigenvalue weighted by Crippen LogP contribution is -3.00. The minimum Gasteiger partial charge on any atom is -0.246 e. The summed E-state index contributed by atoms with van der Waals surface area (Å²) in [5.41, 5.74) is 0. The molecule has 0 atom stereocenters. The van der Waals surface area contributed by atoms with E-state index in [1.807, 2.05) is 0 Å². The molecule has 0 spiro atoms. The van der Waals surface area contributed by atoms with Gasteiger partial charge in [0, 0.05) is 13.6 Å². The van der Waals surface area contributed by atoms with Gasteiger partial charge in [-0.2, -0.15) is 5.01 Å². The van der Waals surface area contributed by atoms with Gasteiger partial charge in [-0.3, -0.25) is 0 Å². The third-order valence-corrected chi connectivity index (χ3v) is 1.57. The fourth-order valence-corrected chi connectivity index (χ4v) is 0.931. The molecule has 0 saturated carbocycles. The average Bonchev–Trinajstić information content (AvgIpc) is 2.45. The Morgan fingerprint density at radius 3 is 2.50 bits per heavy atom. The molecule has 1 aliphatic heterocycles. The van der Waals surface area contributed by atoms with Crippen LogP contribution in [0.3, 0.4) is 0 Å². The van der Waals surface area contributed by atoms with E-state index in [9.17, 15) is 0 Å². The van der Waals surface area contributed by atoms with E-state index in [2.05, 4.69) is 19.0 Å². The monoisotopic (exact) mass is 115 g/mol. The molecule has 0 unspecified atom stereocenters. The van der Waals surface area contributed by atoms with Crippen molar-refractivity contribution < 1.29 is 5.01 Å². The third kappa shape index (κ3) is 1.46. The van der Waals surface area contributed by atoms with Crippen molar-refractivity contribution in [3.8, 4) is 0 Å². The largest absolute Gasteiger partial charge is 0.246 e. The SMILES string of the molecule is CCCN(C)[NH+]1CC1. The molecule has 2 nitrogen and oxygen atoms in total. The smallest absolute Gasteiger partial charge is 0.146 e. The summed E-state index contributed by atoms with van der Waals surface area (Å²) in [6, 6.07) is 0. The Morgan fingerprint density at radius 2 is 2.12 bits per heavy atom. The zero-order valence-corrected chi connectivity index (χ0v) is 5.78. The van der Waals surface area contributed by atoms with Gasteiger partial charge in [0.25, 0.3) is 0 Å². The van der Waals surface area contributed by atoms with Crippen molar-refractivity contribution in [2.75, 3.05) is 26.7 Å². The Labute approximate surface area is 51.0 Å². The number of nitrogens with one attached hydrogen (secondary N) is 1. The van der Waals surface area contributed by atoms with Gasteiger partial charge in [0.05, 0.1) is 0 Å².